The van der Waals surface area contributed by atoms with Crippen LogP contribution in [0, 0.1) is 5.92 Å². The van der Waals surface area contributed by atoms with Crippen LogP contribution in [0.2, 0.25) is 0 Å². The van der Waals surface area contributed by atoms with E-state index in [2.05, 4.69) is 71.2 Å². The van der Waals surface area contributed by atoms with Gasteiger partial charge in [-0.3, -0.25) is 14.7 Å². The molecule has 3 aromatic carbocycles. The molecule has 47 heavy (non-hydrogen) atoms. The van der Waals surface area contributed by atoms with E-state index >= 15 is 0 Å². The summed E-state index contributed by atoms with van der Waals surface area (Å²) in [7, 11) is 0. The molecule has 1 aromatic heterocycles. The highest BCUT2D eigenvalue weighted by Gasteiger charge is 2.40. The third-order valence-corrected chi connectivity index (χ3v) is 9.62. The smallest absolute Gasteiger partial charge is 0.253 e. The molecule has 4 atom stereocenters. The van der Waals surface area contributed by atoms with Crippen LogP contribution in [0.15, 0.2) is 110 Å². The summed E-state index contributed by atoms with van der Waals surface area (Å²) in [5.74, 6) is -0.0354. The van der Waals surface area contributed by atoms with Crippen LogP contribution in [-0.2, 0) is 22.6 Å². The van der Waals surface area contributed by atoms with Crippen LogP contribution >= 0.6 is 0 Å². The summed E-state index contributed by atoms with van der Waals surface area (Å²) in [4.78, 5) is 19.3. The van der Waals surface area contributed by atoms with Gasteiger partial charge in [-0.05, 0) is 52.8 Å². The number of pyridine rings is 1. The van der Waals surface area contributed by atoms with E-state index in [0.29, 0.717) is 18.2 Å². The molecule has 0 spiro atoms. The molecule has 2 N–H and O–H groups in total. The second kappa shape index (κ2) is 15.6. The Morgan fingerprint density at radius 2 is 1.72 bits per heavy atom. The summed E-state index contributed by atoms with van der Waals surface area (Å²) in [5.41, 5.74) is 6.60. The van der Waals surface area contributed by atoms with E-state index in [1.165, 1.54) is 25.7 Å². The van der Waals surface area contributed by atoms with Crippen LogP contribution in [0.25, 0.3) is 11.1 Å². The lowest BCUT2D eigenvalue weighted by Gasteiger charge is -2.43. The molecule has 7 heteroatoms. The van der Waals surface area contributed by atoms with Crippen LogP contribution in [0.1, 0.15) is 77.6 Å². The van der Waals surface area contributed by atoms with Gasteiger partial charge in [0.1, 0.15) is 0 Å². The number of hydrogen-bond donors (Lipinski definition) is 2. The number of ether oxygens (including phenoxy) is 2. The van der Waals surface area contributed by atoms with Gasteiger partial charge in [0.25, 0.3) is 5.91 Å². The summed E-state index contributed by atoms with van der Waals surface area (Å²) in [6, 6.07) is 28.6. The Morgan fingerprint density at radius 3 is 2.43 bits per heavy atom. The average molecular weight is 632 g/mol. The molecule has 1 saturated carbocycles. The molecular weight excluding hydrogens is 586 g/mol. The van der Waals surface area contributed by atoms with E-state index in [1.54, 1.807) is 24.5 Å². The van der Waals surface area contributed by atoms with E-state index in [-0.39, 0.29) is 30.6 Å². The highest BCUT2D eigenvalue weighted by molar-refractivity contribution is 5.93. The Morgan fingerprint density at radius 1 is 0.979 bits per heavy atom. The molecule has 0 unspecified atom stereocenters. The third-order valence-electron chi connectivity index (χ3n) is 9.62. The zero-order valence-corrected chi connectivity index (χ0v) is 27.1. The quantitative estimate of drug-likeness (QED) is 0.159. The van der Waals surface area contributed by atoms with Crippen molar-refractivity contribution in [3.05, 3.63) is 138 Å². The van der Waals surface area contributed by atoms with Gasteiger partial charge in [-0.1, -0.05) is 98.6 Å². The maximum atomic E-state index is 12.7. The Labute approximate surface area is 278 Å². The van der Waals surface area contributed by atoms with Crippen LogP contribution in [0.5, 0.6) is 0 Å². The summed E-state index contributed by atoms with van der Waals surface area (Å²) in [6.07, 6.45) is 9.49. The first-order chi connectivity index (χ1) is 23.0. The van der Waals surface area contributed by atoms with Gasteiger partial charge in [-0.15, -0.1) is 6.58 Å². The minimum Gasteiger partial charge on any atom is -0.392 e. The number of carbonyl (C=O) groups is 1. The number of rotatable bonds is 12. The van der Waals surface area contributed by atoms with Crippen molar-refractivity contribution in [1.82, 2.24) is 15.2 Å². The van der Waals surface area contributed by atoms with E-state index in [0.717, 1.165) is 46.5 Å². The molecule has 6 rings (SSSR count). The molecule has 1 saturated heterocycles. The Balaban J connectivity index is 1.23. The number of amides is 1. The molecule has 0 bridgehead atoms. The van der Waals surface area contributed by atoms with Crippen LogP contribution in [0.4, 0.5) is 0 Å². The minimum absolute atomic E-state index is 0.0139. The topological polar surface area (TPSA) is 83.9 Å². The molecule has 244 valence electrons. The Bertz CT molecular complexity index is 1600. The van der Waals surface area contributed by atoms with Crippen molar-refractivity contribution in [1.29, 1.82) is 0 Å². The van der Waals surface area contributed by atoms with Crippen LogP contribution < -0.4 is 5.32 Å². The van der Waals surface area contributed by atoms with Gasteiger partial charge in [-0.25, -0.2) is 0 Å². The van der Waals surface area contributed by atoms with Gasteiger partial charge in [0, 0.05) is 49.6 Å². The van der Waals surface area contributed by atoms with Crippen molar-refractivity contribution in [3.63, 3.8) is 0 Å². The van der Waals surface area contributed by atoms with E-state index < -0.39 is 6.29 Å². The summed E-state index contributed by atoms with van der Waals surface area (Å²) >= 11 is 0. The Kier molecular flexibility index (Phi) is 10.9. The molecule has 0 radical (unpaired) electrons. The first kappa shape index (κ1) is 32.8. The second-order valence-electron chi connectivity index (χ2n) is 12.7. The van der Waals surface area contributed by atoms with Gasteiger partial charge in [0.2, 0.25) is 0 Å². The summed E-state index contributed by atoms with van der Waals surface area (Å²) < 4.78 is 13.5. The van der Waals surface area contributed by atoms with Gasteiger partial charge < -0.3 is 19.9 Å². The van der Waals surface area contributed by atoms with E-state index in [4.69, 9.17) is 9.47 Å². The fourth-order valence-electron chi connectivity index (χ4n) is 6.92. The molecule has 2 aliphatic rings. The first-order valence-corrected chi connectivity index (χ1v) is 16.8. The molecule has 1 aliphatic heterocycles. The molecule has 2 heterocycles. The van der Waals surface area contributed by atoms with Gasteiger partial charge in [-0.2, -0.15) is 0 Å². The standard InChI is InChI=1S/C40H45N3O4/c1-3-23-43(35-11-5-6-12-35)26-37-28(2)38(31-16-14-29(27-44)15-17-31)47-40(46-37)32-20-18-30(19-21-32)36-13-7-4-9-33(36)25-42-39(45)34-10-8-22-41-24-34/h3-4,7-10,13-22,24,28,35,37-38,40,44H,1,5-6,11-12,23,25-27H2,2H3,(H,42,45)/t28-,37+,38+,40+/m1/s1. The van der Waals surface area contributed by atoms with Crippen molar-refractivity contribution in [3.8, 4) is 11.1 Å². The highest BCUT2D eigenvalue weighted by atomic mass is 16.7. The highest BCUT2D eigenvalue weighted by Crippen LogP contribution is 2.42. The lowest BCUT2D eigenvalue weighted by molar-refractivity contribution is -0.276. The lowest BCUT2D eigenvalue weighted by atomic mass is 9.89. The van der Waals surface area contributed by atoms with Crippen LogP contribution in [0.3, 0.4) is 0 Å². The number of carbonyl (C=O) groups excluding carboxylic acids is 1. The van der Waals surface area contributed by atoms with Gasteiger partial charge in [0.05, 0.1) is 24.4 Å². The number of nitrogens with one attached hydrogen (secondary N) is 1. The fourth-order valence-corrected chi connectivity index (χ4v) is 6.92. The van der Waals surface area contributed by atoms with E-state index in [1.807, 2.05) is 36.4 Å². The van der Waals surface area contributed by atoms with Gasteiger partial charge in [0.15, 0.2) is 6.29 Å². The van der Waals surface area contributed by atoms with Crippen molar-refractivity contribution in [2.24, 2.45) is 5.92 Å². The lowest BCUT2D eigenvalue weighted by Crippen LogP contribution is -2.47. The van der Waals surface area contributed by atoms with Gasteiger partial charge >= 0.3 is 0 Å². The predicted molar refractivity (Wildman–Crippen MR) is 184 cm³/mol. The monoisotopic (exact) mass is 631 g/mol. The largest absolute Gasteiger partial charge is 0.392 e. The van der Waals surface area contributed by atoms with Crippen molar-refractivity contribution < 1.29 is 19.4 Å². The number of aromatic nitrogens is 1. The fraction of sp³-hybridized carbons (Fsp3) is 0.350. The molecule has 7 nitrogen and oxygen atoms in total. The van der Waals surface area contributed by atoms with Crippen molar-refractivity contribution >= 4 is 5.91 Å². The Hall–Kier alpha value is -4.14. The SMILES string of the molecule is C=CCN(C[C@@H]1O[C@H](c2ccc(-c3ccccc3CNC(=O)c3cccnc3)cc2)O[C@H](c2ccc(CO)cc2)[C@@H]1C)C1CCCC1. The van der Waals surface area contributed by atoms with E-state index in [9.17, 15) is 9.90 Å². The van der Waals surface area contributed by atoms with Crippen molar-refractivity contribution in [2.45, 2.75) is 70.3 Å². The minimum atomic E-state index is -0.532. The molecular formula is C40H45N3O4. The second-order valence-corrected chi connectivity index (χ2v) is 12.7. The number of aliphatic hydroxyl groups is 1. The average Bonchev–Trinajstić information content (AvgIpc) is 3.67. The maximum Gasteiger partial charge on any atom is 0.253 e. The molecule has 2 fully saturated rings. The van der Waals surface area contributed by atoms with Crippen molar-refractivity contribution in [2.75, 3.05) is 13.1 Å². The third kappa shape index (κ3) is 7.88. The number of nitrogens with zero attached hydrogens (tertiary/aromatic N) is 2. The molecule has 1 aliphatic carbocycles. The summed E-state index contributed by atoms with van der Waals surface area (Å²) in [5, 5.41) is 12.6. The predicted octanol–water partition coefficient (Wildman–Crippen LogP) is 7.39. The first-order valence-electron chi connectivity index (χ1n) is 16.8. The molecule has 4 aromatic rings. The normalized spacial score (nSPS) is 21.5. The number of benzene rings is 3. The zero-order valence-electron chi connectivity index (χ0n) is 27.1. The number of hydrogen-bond acceptors (Lipinski definition) is 6. The molecule has 1 amide bonds. The summed E-state index contributed by atoms with van der Waals surface area (Å²) in [6.45, 7) is 8.35. The maximum absolute atomic E-state index is 12.7. The van der Waals surface area contributed by atoms with Crippen LogP contribution in [-0.4, -0.2) is 46.1 Å². The zero-order chi connectivity index (χ0) is 32.6. The number of aliphatic hydroxyl groups excluding tert-OH is 1.